The van der Waals surface area contributed by atoms with E-state index in [1.807, 2.05) is 6.07 Å². The third kappa shape index (κ3) is 3.18. The van der Waals surface area contributed by atoms with E-state index in [4.69, 9.17) is 4.74 Å². The van der Waals surface area contributed by atoms with E-state index in [1.165, 1.54) is 11.1 Å². The van der Waals surface area contributed by atoms with Crippen LogP contribution < -0.4 is 0 Å². The van der Waals surface area contributed by atoms with Crippen LogP contribution >= 0.6 is 22.6 Å². The molecule has 0 aromatic heterocycles. The van der Waals surface area contributed by atoms with Crippen molar-refractivity contribution in [2.24, 2.45) is 5.92 Å². The molecule has 0 radical (unpaired) electrons. The molecule has 2 heteroatoms. The summed E-state index contributed by atoms with van der Waals surface area (Å²) in [4.78, 5) is 0. The van der Waals surface area contributed by atoms with Gasteiger partial charge in [-0.25, -0.2) is 0 Å². The van der Waals surface area contributed by atoms with Gasteiger partial charge in [0.15, 0.2) is 0 Å². The molecule has 0 heterocycles. The van der Waals surface area contributed by atoms with Crippen LogP contribution in [0.1, 0.15) is 17.0 Å². The van der Waals surface area contributed by atoms with Crippen LogP contribution in [0.25, 0.3) is 0 Å². The highest BCUT2D eigenvalue weighted by molar-refractivity contribution is 14.1. The van der Waals surface area contributed by atoms with Crippen LogP contribution in [0.4, 0.5) is 0 Å². The molecule has 1 nitrogen and oxygen atoms in total. The molecule has 0 unspecified atom stereocenters. The normalized spacial score (nSPS) is 25.2. The number of ether oxygens (including phenoxy) is 1. The first kappa shape index (κ1) is 13.1. The summed E-state index contributed by atoms with van der Waals surface area (Å²) in [6.07, 6.45) is 0. The quantitative estimate of drug-likeness (QED) is 0.564. The number of rotatable bonds is 5. The summed E-state index contributed by atoms with van der Waals surface area (Å²) < 4.78 is 6.58. The molecular formula is C17H17IO. The Kier molecular flexibility index (Phi) is 4.18. The Balaban J connectivity index is 1.50. The van der Waals surface area contributed by atoms with Gasteiger partial charge < -0.3 is 4.74 Å². The second kappa shape index (κ2) is 6.06. The second-order valence-corrected chi connectivity index (χ2v) is 6.48. The van der Waals surface area contributed by atoms with Crippen molar-refractivity contribution in [3.05, 3.63) is 71.8 Å². The molecule has 3 atom stereocenters. The molecule has 0 bridgehead atoms. The van der Waals surface area contributed by atoms with Gasteiger partial charge in [-0.3, -0.25) is 0 Å². The van der Waals surface area contributed by atoms with Crippen LogP contribution in [0, 0.1) is 5.92 Å². The summed E-state index contributed by atoms with van der Waals surface area (Å²) in [7, 11) is 0. The van der Waals surface area contributed by atoms with Crippen molar-refractivity contribution in [2.75, 3.05) is 6.61 Å². The Bertz CT molecular complexity index is 511. The Labute approximate surface area is 128 Å². The van der Waals surface area contributed by atoms with Crippen molar-refractivity contribution < 1.29 is 4.74 Å². The molecule has 1 saturated carbocycles. The lowest BCUT2D eigenvalue weighted by atomic mass is 10.1. The lowest BCUT2D eigenvalue weighted by molar-refractivity contribution is 0.110. The molecule has 2 aromatic carbocycles. The van der Waals surface area contributed by atoms with Crippen molar-refractivity contribution in [1.82, 2.24) is 0 Å². The van der Waals surface area contributed by atoms with Crippen LogP contribution in [0.3, 0.4) is 0 Å². The molecule has 3 rings (SSSR count). The van der Waals surface area contributed by atoms with Crippen molar-refractivity contribution >= 4 is 22.6 Å². The minimum atomic E-state index is 0.673. The van der Waals surface area contributed by atoms with Crippen LogP contribution in [0.5, 0.6) is 0 Å². The zero-order chi connectivity index (χ0) is 13.1. The average molecular weight is 364 g/mol. The van der Waals surface area contributed by atoms with Crippen LogP contribution in [0.2, 0.25) is 0 Å². The predicted molar refractivity (Wildman–Crippen MR) is 86.6 cm³/mol. The fourth-order valence-electron chi connectivity index (χ4n) is 2.52. The van der Waals surface area contributed by atoms with E-state index < -0.39 is 0 Å². The van der Waals surface area contributed by atoms with Gasteiger partial charge in [0.25, 0.3) is 0 Å². The Hall–Kier alpha value is -0.870. The van der Waals surface area contributed by atoms with Crippen LogP contribution in [-0.2, 0) is 11.3 Å². The van der Waals surface area contributed by atoms with Crippen LogP contribution in [-0.4, -0.2) is 10.5 Å². The first-order chi connectivity index (χ1) is 9.36. The summed E-state index contributed by atoms with van der Waals surface area (Å²) >= 11 is 2.56. The maximum absolute atomic E-state index is 5.86. The van der Waals surface area contributed by atoms with E-state index >= 15 is 0 Å². The summed E-state index contributed by atoms with van der Waals surface area (Å²) in [5.41, 5.74) is 2.71. The van der Waals surface area contributed by atoms with E-state index in [0.717, 1.165) is 17.1 Å². The maximum atomic E-state index is 5.86. The molecule has 98 valence electrons. The molecule has 0 N–H and O–H groups in total. The highest BCUT2D eigenvalue weighted by atomic mass is 127. The first-order valence-electron chi connectivity index (χ1n) is 6.67. The SMILES string of the molecule is I[C@H]1[C@H](COCc2ccccc2)[C@H]1c1ccccc1. The monoisotopic (exact) mass is 364 g/mol. The highest BCUT2D eigenvalue weighted by Crippen LogP contribution is 2.53. The standard InChI is InChI=1S/C17H17IO/c18-17-15(16(17)14-9-5-2-6-10-14)12-19-11-13-7-3-1-4-8-13/h1-10,15-17H,11-12H2/t15-,16-,17+/m1/s1. The smallest absolute Gasteiger partial charge is 0.0717 e. The fourth-order valence-corrected chi connectivity index (χ4v) is 3.88. The molecular weight excluding hydrogens is 347 g/mol. The molecule has 2 aromatic rings. The number of hydrogen-bond donors (Lipinski definition) is 0. The Morgan fingerprint density at radius 2 is 1.53 bits per heavy atom. The predicted octanol–water partition coefficient (Wildman–Crippen LogP) is 4.42. The summed E-state index contributed by atoms with van der Waals surface area (Å²) in [5, 5.41) is 0. The van der Waals surface area contributed by atoms with Gasteiger partial charge in [0, 0.05) is 15.8 Å². The minimum Gasteiger partial charge on any atom is -0.376 e. The number of halogens is 1. The van der Waals surface area contributed by atoms with E-state index in [1.54, 1.807) is 0 Å². The third-order valence-corrected chi connectivity index (χ3v) is 5.38. The van der Waals surface area contributed by atoms with Gasteiger partial charge in [0.1, 0.15) is 0 Å². The first-order valence-corrected chi connectivity index (χ1v) is 7.91. The van der Waals surface area contributed by atoms with Gasteiger partial charge in [-0.05, 0) is 11.1 Å². The summed E-state index contributed by atoms with van der Waals surface area (Å²) in [6.45, 7) is 1.59. The molecule has 0 saturated heterocycles. The van der Waals surface area contributed by atoms with E-state index in [2.05, 4.69) is 77.2 Å². The number of alkyl halides is 1. The van der Waals surface area contributed by atoms with Gasteiger partial charge in [-0.15, -0.1) is 0 Å². The van der Waals surface area contributed by atoms with Gasteiger partial charge in [0.05, 0.1) is 13.2 Å². The zero-order valence-corrected chi connectivity index (χ0v) is 12.9. The molecule has 1 fully saturated rings. The van der Waals surface area contributed by atoms with Gasteiger partial charge in [-0.2, -0.15) is 0 Å². The Morgan fingerprint density at radius 3 is 2.21 bits per heavy atom. The van der Waals surface area contributed by atoms with Gasteiger partial charge >= 0.3 is 0 Å². The van der Waals surface area contributed by atoms with Crippen molar-refractivity contribution in [1.29, 1.82) is 0 Å². The van der Waals surface area contributed by atoms with Gasteiger partial charge in [-0.1, -0.05) is 83.3 Å². The lowest BCUT2D eigenvalue weighted by Gasteiger charge is -2.04. The summed E-state index contributed by atoms with van der Waals surface area (Å²) in [6, 6.07) is 21.2. The average Bonchev–Trinajstić information content (AvgIpc) is 3.11. The Morgan fingerprint density at radius 1 is 0.895 bits per heavy atom. The van der Waals surface area contributed by atoms with E-state index in [-0.39, 0.29) is 0 Å². The van der Waals surface area contributed by atoms with Crippen molar-refractivity contribution in [3.8, 4) is 0 Å². The highest BCUT2D eigenvalue weighted by Gasteiger charge is 2.49. The molecule has 0 spiro atoms. The fraction of sp³-hybridized carbons (Fsp3) is 0.294. The van der Waals surface area contributed by atoms with Crippen LogP contribution in [0.15, 0.2) is 60.7 Å². The second-order valence-electron chi connectivity index (χ2n) is 5.05. The number of hydrogen-bond acceptors (Lipinski definition) is 1. The number of benzene rings is 2. The molecule has 0 amide bonds. The maximum Gasteiger partial charge on any atom is 0.0717 e. The molecule has 19 heavy (non-hydrogen) atoms. The summed E-state index contributed by atoms with van der Waals surface area (Å²) in [5.74, 6) is 1.35. The topological polar surface area (TPSA) is 9.23 Å². The van der Waals surface area contributed by atoms with Crippen molar-refractivity contribution in [2.45, 2.75) is 16.4 Å². The zero-order valence-electron chi connectivity index (χ0n) is 10.7. The third-order valence-electron chi connectivity index (χ3n) is 3.68. The largest absolute Gasteiger partial charge is 0.376 e. The molecule has 1 aliphatic rings. The van der Waals surface area contributed by atoms with E-state index in [9.17, 15) is 0 Å². The molecule has 0 aliphatic heterocycles. The molecule has 1 aliphatic carbocycles. The minimum absolute atomic E-state index is 0.673. The lowest BCUT2D eigenvalue weighted by Crippen LogP contribution is -1.99. The van der Waals surface area contributed by atoms with Gasteiger partial charge in [0.2, 0.25) is 0 Å². The van der Waals surface area contributed by atoms with Crippen molar-refractivity contribution in [3.63, 3.8) is 0 Å². The van der Waals surface area contributed by atoms with E-state index in [0.29, 0.717) is 11.8 Å².